The van der Waals surface area contributed by atoms with Crippen molar-refractivity contribution in [1.82, 2.24) is 0 Å². The van der Waals surface area contributed by atoms with E-state index in [9.17, 15) is 4.79 Å². The van der Waals surface area contributed by atoms with Gasteiger partial charge < -0.3 is 4.74 Å². The van der Waals surface area contributed by atoms with Crippen molar-refractivity contribution in [2.45, 2.75) is 53.4 Å². The highest BCUT2D eigenvalue weighted by atomic mass is 16.5. The predicted molar refractivity (Wildman–Crippen MR) is 68.3 cm³/mol. The second kappa shape index (κ2) is 8.14. The van der Waals surface area contributed by atoms with E-state index in [1.165, 1.54) is 11.1 Å². The van der Waals surface area contributed by atoms with Gasteiger partial charge in [-0.1, -0.05) is 24.6 Å². The van der Waals surface area contributed by atoms with Crippen molar-refractivity contribution in [1.29, 1.82) is 0 Å². The molecule has 2 heteroatoms. The maximum Gasteiger partial charge on any atom is 0.333 e. The number of ether oxygens (including phenoxy) is 1. The summed E-state index contributed by atoms with van der Waals surface area (Å²) in [6.45, 7) is 12.2. The third kappa shape index (κ3) is 6.44. The van der Waals surface area contributed by atoms with Gasteiger partial charge in [0.25, 0.3) is 0 Å². The molecule has 0 aliphatic rings. The summed E-state index contributed by atoms with van der Waals surface area (Å²) in [5, 5.41) is 0. The maximum atomic E-state index is 11.1. The number of allylic oxidation sites excluding steroid dienone is 2. The lowest BCUT2D eigenvalue weighted by Crippen LogP contribution is -2.06. The Labute approximate surface area is 99.4 Å². The molecule has 0 rings (SSSR count). The summed E-state index contributed by atoms with van der Waals surface area (Å²) in [6.07, 6.45) is 4.24. The first kappa shape index (κ1) is 14.9. The number of carbonyl (C=O) groups excluding carboxylic acids is 1. The zero-order valence-electron chi connectivity index (χ0n) is 11.1. The summed E-state index contributed by atoms with van der Waals surface area (Å²) in [5.74, 6) is -0.280. The van der Waals surface area contributed by atoms with Gasteiger partial charge in [0.1, 0.15) is 0 Å². The van der Waals surface area contributed by atoms with Gasteiger partial charge in [0.05, 0.1) is 6.61 Å². The molecule has 0 saturated carbocycles. The summed E-state index contributed by atoms with van der Waals surface area (Å²) in [4.78, 5) is 11.1. The molecule has 16 heavy (non-hydrogen) atoms. The van der Waals surface area contributed by atoms with Crippen molar-refractivity contribution < 1.29 is 9.53 Å². The Morgan fingerprint density at radius 3 is 2.25 bits per heavy atom. The first-order valence-corrected chi connectivity index (χ1v) is 5.96. The molecule has 0 aromatic heterocycles. The molecule has 92 valence electrons. The number of esters is 1. The third-order valence-corrected chi connectivity index (χ3v) is 2.59. The molecule has 0 aromatic carbocycles. The average Bonchev–Trinajstić information content (AvgIpc) is 2.22. The van der Waals surface area contributed by atoms with E-state index in [-0.39, 0.29) is 5.97 Å². The van der Waals surface area contributed by atoms with Crippen molar-refractivity contribution in [3.8, 4) is 0 Å². The number of hydrogen-bond acceptors (Lipinski definition) is 2. The number of carbonyl (C=O) groups is 1. The molecule has 0 bridgehead atoms. The van der Waals surface area contributed by atoms with Crippen LogP contribution in [0, 0.1) is 0 Å². The normalized spacial score (nSPS) is 9.75. The highest BCUT2D eigenvalue weighted by Gasteiger charge is 2.02. The molecule has 0 unspecified atom stereocenters. The number of unbranched alkanes of at least 4 members (excludes halogenated alkanes) is 1. The fraction of sp³-hybridized carbons (Fsp3) is 0.643. The Bertz CT molecular complexity index is 270. The van der Waals surface area contributed by atoms with Crippen molar-refractivity contribution in [3.05, 3.63) is 23.3 Å². The molecule has 0 aromatic rings. The quantitative estimate of drug-likeness (QED) is 0.282. The maximum absolute atomic E-state index is 11.1. The molecule has 0 N–H and O–H groups in total. The first-order valence-electron chi connectivity index (χ1n) is 5.96. The van der Waals surface area contributed by atoms with E-state index >= 15 is 0 Å². The van der Waals surface area contributed by atoms with Crippen LogP contribution < -0.4 is 0 Å². The lowest BCUT2D eigenvalue weighted by atomic mass is 10.0. The minimum atomic E-state index is -0.280. The monoisotopic (exact) mass is 224 g/mol. The second-order valence-corrected chi connectivity index (χ2v) is 4.33. The highest BCUT2D eigenvalue weighted by molar-refractivity contribution is 5.86. The van der Waals surface area contributed by atoms with E-state index in [0.717, 1.165) is 25.7 Å². The molecule has 0 aliphatic carbocycles. The molecular weight excluding hydrogens is 200 g/mol. The van der Waals surface area contributed by atoms with E-state index in [1.807, 2.05) is 0 Å². The zero-order chi connectivity index (χ0) is 12.6. The van der Waals surface area contributed by atoms with Gasteiger partial charge >= 0.3 is 5.97 Å². The Hall–Kier alpha value is -1.05. The fourth-order valence-corrected chi connectivity index (χ4v) is 1.51. The standard InChI is InChI=1S/C14H24O2/c1-6-13(11(2)3)9-7-8-10-16-14(15)12(4)5/h4,6-10H2,1-3,5H3. The van der Waals surface area contributed by atoms with Crippen LogP contribution >= 0.6 is 0 Å². The molecule has 0 heterocycles. The van der Waals surface area contributed by atoms with Gasteiger partial charge in [-0.15, -0.1) is 0 Å². The Morgan fingerprint density at radius 2 is 1.81 bits per heavy atom. The van der Waals surface area contributed by atoms with Gasteiger partial charge in [-0.3, -0.25) is 0 Å². The van der Waals surface area contributed by atoms with Gasteiger partial charge in [-0.25, -0.2) is 4.79 Å². The minimum Gasteiger partial charge on any atom is -0.462 e. The smallest absolute Gasteiger partial charge is 0.333 e. The van der Waals surface area contributed by atoms with Crippen LogP contribution in [-0.4, -0.2) is 12.6 Å². The molecule has 0 atom stereocenters. The Balaban J connectivity index is 3.66. The van der Waals surface area contributed by atoms with Gasteiger partial charge in [0.15, 0.2) is 0 Å². The highest BCUT2D eigenvalue weighted by Crippen LogP contribution is 2.15. The summed E-state index contributed by atoms with van der Waals surface area (Å²) >= 11 is 0. The Morgan fingerprint density at radius 1 is 1.19 bits per heavy atom. The summed E-state index contributed by atoms with van der Waals surface area (Å²) in [5.41, 5.74) is 3.41. The molecule has 0 radical (unpaired) electrons. The van der Waals surface area contributed by atoms with E-state index in [4.69, 9.17) is 4.74 Å². The molecule has 2 nitrogen and oxygen atoms in total. The minimum absolute atomic E-state index is 0.280. The lowest BCUT2D eigenvalue weighted by molar-refractivity contribution is -0.139. The van der Waals surface area contributed by atoms with Crippen molar-refractivity contribution in [2.75, 3.05) is 6.61 Å². The number of rotatable bonds is 7. The van der Waals surface area contributed by atoms with Crippen molar-refractivity contribution in [3.63, 3.8) is 0 Å². The van der Waals surface area contributed by atoms with Crippen LogP contribution in [0.4, 0.5) is 0 Å². The molecule has 0 fully saturated rings. The molecule has 0 amide bonds. The second-order valence-electron chi connectivity index (χ2n) is 4.33. The van der Waals surface area contributed by atoms with E-state index in [2.05, 4.69) is 27.4 Å². The van der Waals surface area contributed by atoms with Gasteiger partial charge in [-0.2, -0.15) is 0 Å². The Kier molecular flexibility index (Phi) is 7.61. The topological polar surface area (TPSA) is 26.3 Å². The van der Waals surface area contributed by atoms with Gasteiger partial charge in [0, 0.05) is 5.57 Å². The average molecular weight is 224 g/mol. The third-order valence-electron chi connectivity index (χ3n) is 2.59. The van der Waals surface area contributed by atoms with Crippen LogP contribution in [0.2, 0.25) is 0 Å². The summed E-state index contributed by atoms with van der Waals surface area (Å²) in [6, 6.07) is 0. The number of hydrogen-bond donors (Lipinski definition) is 0. The summed E-state index contributed by atoms with van der Waals surface area (Å²) in [7, 11) is 0. The zero-order valence-corrected chi connectivity index (χ0v) is 11.1. The van der Waals surface area contributed by atoms with E-state index < -0.39 is 0 Å². The van der Waals surface area contributed by atoms with Gasteiger partial charge in [-0.05, 0) is 46.5 Å². The van der Waals surface area contributed by atoms with Crippen LogP contribution in [0.15, 0.2) is 23.3 Å². The summed E-state index contributed by atoms with van der Waals surface area (Å²) < 4.78 is 5.02. The first-order chi connectivity index (χ1) is 7.49. The van der Waals surface area contributed by atoms with Gasteiger partial charge in [0.2, 0.25) is 0 Å². The predicted octanol–water partition coefficient (Wildman–Crippen LogP) is 4.02. The van der Waals surface area contributed by atoms with Crippen molar-refractivity contribution >= 4 is 5.97 Å². The molecule has 0 saturated heterocycles. The van der Waals surface area contributed by atoms with E-state index in [0.29, 0.717) is 12.2 Å². The van der Waals surface area contributed by atoms with Crippen LogP contribution in [0.3, 0.4) is 0 Å². The van der Waals surface area contributed by atoms with Crippen LogP contribution in [0.25, 0.3) is 0 Å². The fourth-order valence-electron chi connectivity index (χ4n) is 1.51. The van der Waals surface area contributed by atoms with Crippen LogP contribution in [-0.2, 0) is 9.53 Å². The van der Waals surface area contributed by atoms with Crippen LogP contribution in [0.1, 0.15) is 53.4 Å². The molecule has 0 spiro atoms. The van der Waals surface area contributed by atoms with Crippen molar-refractivity contribution in [2.24, 2.45) is 0 Å². The van der Waals surface area contributed by atoms with Crippen LogP contribution in [0.5, 0.6) is 0 Å². The molecule has 0 aliphatic heterocycles. The SMILES string of the molecule is C=C(C)C(=O)OCCCCC(CC)=C(C)C. The lowest BCUT2D eigenvalue weighted by Gasteiger charge is -2.07. The largest absolute Gasteiger partial charge is 0.462 e. The van der Waals surface area contributed by atoms with E-state index in [1.54, 1.807) is 6.92 Å². The molecular formula is C14H24O2.